The van der Waals surface area contributed by atoms with Crippen LogP contribution < -0.4 is 15.0 Å². The van der Waals surface area contributed by atoms with E-state index in [0.29, 0.717) is 13.2 Å². The highest BCUT2D eigenvalue weighted by atomic mass is 16.5. The van der Waals surface area contributed by atoms with Gasteiger partial charge in [-0.2, -0.15) is 0 Å². The number of rotatable bonds is 4. The second kappa shape index (κ2) is 6.15. The van der Waals surface area contributed by atoms with Crippen molar-refractivity contribution < 1.29 is 9.53 Å². The van der Waals surface area contributed by atoms with Gasteiger partial charge in [0.1, 0.15) is 11.4 Å². The van der Waals surface area contributed by atoms with E-state index in [0.717, 1.165) is 17.0 Å². The van der Waals surface area contributed by atoms with Crippen LogP contribution in [0.4, 0.5) is 5.69 Å². The van der Waals surface area contributed by atoms with Crippen LogP contribution in [0.25, 0.3) is 6.08 Å². The number of ether oxygens (including phenoxy) is 1. The van der Waals surface area contributed by atoms with E-state index in [1.54, 1.807) is 0 Å². The van der Waals surface area contributed by atoms with Gasteiger partial charge in [-0.15, -0.1) is 0 Å². The highest BCUT2D eigenvalue weighted by Crippen LogP contribution is 2.53. The van der Waals surface area contributed by atoms with Gasteiger partial charge in [-0.3, -0.25) is 4.79 Å². The summed E-state index contributed by atoms with van der Waals surface area (Å²) in [6.45, 7) is 9.49. The van der Waals surface area contributed by atoms with Crippen molar-refractivity contribution in [3.8, 4) is 5.75 Å². The third-order valence-electron chi connectivity index (χ3n) is 5.85. The van der Waals surface area contributed by atoms with Crippen molar-refractivity contribution in [2.45, 2.75) is 38.8 Å². The maximum atomic E-state index is 12.4. The molecule has 0 spiro atoms. The fourth-order valence-electron chi connectivity index (χ4n) is 4.40. The Morgan fingerprint density at radius 2 is 2.00 bits per heavy atom. The number of nitrogens with zero attached hydrogens (tertiary/aromatic N) is 1. The molecule has 0 bridgehead atoms. The Hall–Kier alpha value is -2.75. The van der Waals surface area contributed by atoms with Gasteiger partial charge in [-0.25, -0.2) is 0 Å². The summed E-state index contributed by atoms with van der Waals surface area (Å²) in [5.74, 6) is 0.907. The van der Waals surface area contributed by atoms with Crippen molar-refractivity contribution >= 4 is 17.7 Å². The molecule has 2 aliphatic rings. The maximum Gasteiger partial charge on any atom is 0.241 e. The lowest BCUT2D eigenvalue weighted by Crippen LogP contribution is -2.58. The van der Waals surface area contributed by atoms with E-state index in [-0.39, 0.29) is 11.3 Å². The molecular weight excluding hydrogens is 336 g/mol. The van der Waals surface area contributed by atoms with Crippen molar-refractivity contribution in [1.29, 1.82) is 0 Å². The summed E-state index contributed by atoms with van der Waals surface area (Å²) >= 11 is 0. The first kappa shape index (κ1) is 17.7. The minimum Gasteiger partial charge on any atom is -0.493 e. The van der Waals surface area contributed by atoms with Gasteiger partial charge >= 0.3 is 0 Å². The van der Waals surface area contributed by atoms with E-state index in [9.17, 15) is 4.79 Å². The largest absolute Gasteiger partial charge is 0.493 e. The van der Waals surface area contributed by atoms with Crippen LogP contribution in [0.3, 0.4) is 0 Å². The van der Waals surface area contributed by atoms with Crippen molar-refractivity contribution in [2.75, 3.05) is 18.1 Å². The minimum absolute atomic E-state index is 0.0528. The Kier molecular flexibility index (Phi) is 4.02. The number of para-hydroxylation sites is 1. The van der Waals surface area contributed by atoms with Crippen LogP contribution in [0.2, 0.25) is 0 Å². The van der Waals surface area contributed by atoms with Gasteiger partial charge in [0.05, 0.1) is 13.2 Å². The van der Waals surface area contributed by atoms with Crippen LogP contribution in [-0.2, 0) is 10.2 Å². The zero-order chi connectivity index (χ0) is 19.2. The van der Waals surface area contributed by atoms with Gasteiger partial charge in [0.2, 0.25) is 5.91 Å². The average Bonchev–Trinajstić information content (AvgIpc) is 3.06. The fraction of sp³-hybridized carbons (Fsp3) is 0.348. The molecule has 1 fully saturated rings. The van der Waals surface area contributed by atoms with Crippen LogP contribution in [0.1, 0.15) is 37.5 Å². The summed E-state index contributed by atoms with van der Waals surface area (Å²) in [5, 5.41) is 3.27. The molecule has 1 atom stereocenters. The minimum atomic E-state index is -0.584. The molecule has 4 nitrogen and oxygen atoms in total. The second-order valence-corrected chi connectivity index (χ2v) is 7.85. The maximum absolute atomic E-state index is 12.4. The summed E-state index contributed by atoms with van der Waals surface area (Å²) in [7, 11) is 0. The molecule has 0 aliphatic carbocycles. The Balaban J connectivity index is 1.82. The molecule has 2 heterocycles. The number of benzene rings is 2. The number of anilines is 1. The quantitative estimate of drug-likeness (QED) is 0.893. The normalized spacial score (nSPS) is 22.7. The number of aryl methyl sites for hydroxylation is 1. The number of nitrogens with one attached hydrogen (secondary N) is 1. The van der Waals surface area contributed by atoms with Gasteiger partial charge in [-0.05, 0) is 37.6 Å². The molecule has 1 N–H and O–H groups in total. The first-order chi connectivity index (χ1) is 12.9. The number of carbonyl (C=O) groups excluding carboxylic acids is 1. The van der Waals surface area contributed by atoms with Crippen LogP contribution in [0.15, 0.2) is 48.5 Å². The molecule has 2 aliphatic heterocycles. The van der Waals surface area contributed by atoms with Gasteiger partial charge in [0, 0.05) is 16.7 Å². The zero-order valence-electron chi connectivity index (χ0n) is 16.4. The van der Waals surface area contributed by atoms with E-state index in [2.05, 4.69) is 61.3 Å². The van der Waals surface area contributed by atoms with Gasteiger partial charge in [0.15, 0.2) is 0 Å². The Bertz CT molecular complexity index is 932. The molecule has 2 aromatic rings. The molecule has 0 saturated carbocycles. The first-order valence-corrected chi connectivity index (χ1v) is 9.50. The summed E-state index contributed by atoms with van der Waals surface area (Å²) in [5.41, 5.74) is 3.79. The Labute approximate surface area is 160 Å². The predicted octanol–water partition coefficient (Wildman–Crippen LogP) is 4.03. The molecule has 0 unspecified atom stereocenters. The van der Waals surface area contributed by atoms with Crippen molar-refractivity contribution in [1.82, 2.24) is 5.32 Å². The Morgan fingerprint density at radius 3 is 2.78 bits per heavy atom. The average molecular weight is 362 g/mol. The van der Waals surface area contributed by atoms with Gasteiger partial charge in [0.25, 0.3) is 0 Å². The van der Waals surface area contributed by atoms with E-state index < -0.39 is 5.66 Å². The van der Waals surface area contributed by atoms with Crippen LogP contribution in [0, 0.1) is 6.92 Å². The van der Waals surface area contributed by atoms with Crippen LogP contribution in [0.5, 0.6) is 5.75 Å². The molecule has 140 valence electrons. The van der Waals surface area contributed by atoms with Gasteiger partial charge in [-0.1, -0.05) is 55.8 Å². The first-order valence-electron chi connectivity index (χ1n) is 9.50. The van der Waals surface area contributed by atoms with E-state index in [1.165, 1.54) is 11.1 Å². The predicted molar refractivity (Wildman–Crippen MR) is 109 cm³/mol. The smallest absolute Gasteiger partial charge is 0.241 e. The number of fused-ring (bicyclic) bond motifs is 3. The standard InChI is InChI=1S/C23H26N2O2/c1-5-27-20-9-7-6-8-17(20)12-13-23-22(3,4)18-14-16(2)10-11-19(18)25(23)15-21(26)24-23/h6-14H,5,15H2,1-4H3,(H,24,26)/b13-12+/t23-/m1/s1. The van der Waals surface area contributed by atoms with Crippen LogP contribution >= 0.6 is 0 Å². The second-order valence-electron chi connectivity index (χ2n) is 7.85. The molecule has 0 aromatic heterocycles. The number of carbonyl (C=O) groups is 1. The molecule has 1 saturated heterocycles. The topological polar surface area (TPSA) is 41.6 Å². The number of hydrogen-bond acceptors (Lipinski definition) is 3. The summed E-state index contributed by atoms with van der Waals surface area (Å²) in [6, 6.07) is 14.5. The summed E-state index contributed by atoms with van der Waals surface area (Å²) < 4.78 is 5.76. The SMILES string of the molecule is CCOc1ccccc1/C=C/[C@@]12NC(=O)CN1c1ccc(C)cc1C2(C)C. The van der Waals surface area contributed by atoms with E-state index in [4.69, 9.17) is 4.74 Å². The lowest BCUT2D eigenvalue weighted by atomic mass is 9.75. The third kappa shape index (κ3) is 2.54. The molecular formula is C23H26N2O2. The molecule has 2 aromatic carbocycles. The lowest BCUT2D eigenvalue weighted by molar-refractivity contribution is -0.118. The van der Waals surface area contributed by atoms with Crippen molar-refractivity contribution in [3.63, 3.8) is 0 Å². The molecule has 4 heteroatoms. The zero-order valence-corrected chi connectivity index (χ0v) is 16.4. The molecule has 0 radical (unpaired) electrons. The molecule has 27 heavy (non-hydrogen) atoms. The highest BCUT2D eigenvalue weighted by Gasteiger charge is 2.59. The lowest BCUT2D eigenvalue weighted by Gasteiger charge is -2.40. The molecule has 1 amide bonds. The van der Waals surface area contributed by atoms with Gasteiger partial charge < -0.3 is 15.0 Å². The van der Waals surface area contributed by atoms with Crippen molar-refractivity contribution in [2.24, 2.45) is 0 Å². The summed E-state index contributed by atoms with van der Waals surface area (Å²) in [4.78, 5) is 14.6. The van der Waals surface area contributed by atoms with Crippen LogP contribution in [-0.4, -0.2) is 24.7 Å². The Morgan fingerprint density at radius 1 is 1.22 bits per heavy atom. The molecule has 4 rings (SSSR count). The number of amides is 1. The van der Waals surface area contributed by atoms with E-state index in [1.807, 2.05) is 31.2 Å². The highest BCUT2D eigenvalue weighted by molar-refractivity contribution is 5.91. The summed E-state index contributed by atoms with van der Waals surface area (Å²) in [6.07, 6.45) is 4.20. The van der Waals surface area contributed by atoms with E-state index >= 15 is 0 Å². The van der Waals surface area contributed by atoms with Crippen molar-refractivity contribution in [3.05, 3.63) is 65.2 Å². The monoisotopic (exact) mass is 362 g/mol. The number of hydrogen-bond donors (Lipinski definition) is 1. The third-order valence-corrected chi connectivity index (χ3v) is 5.85. The fourth-order valence-corrected chi connectivity index (χ4v) is 4.40.